The second kappa shape index (κ2) is 5.03. The Morgan fingerprint density at radius 1 is 1.44 bits per heavy atom. The molecule has 56 valence electrons. The fraction of sp³-hybridized carbons (Fsp3) is 1.00. The molecule has 0 aliphatic carbocycles. The first kappa shape index (κ1) is 9.21. The first-order chi connectivity index (χ1) is 3.93. The molecule has 1 fully saturated rings. The molecule has 1 atom stereocenters. The van der Waals surface area contributed by atoms with Crippen molar-refractivity contribution in [1.82, 2.24) is 5.32 Å². The van der Waals surface area contributed by atoms with E-state index in [-0.39, 0.29) is 12.4 Å². The number of hydrogen-bond donors (Lipinski definition) is 1. The molecule has 1 saturated heterocycles. The summed E-state index contributed by atoms with van der Waals surface area (Å²) in [5, 5.41) is 3.08. The molecule has 1 N–H and O–H groups in total. The minimum atomic E-state index is 0. The summed E-state index contributed by atoms with van der Waals surface area (Å²) in [7, 11) is 1.94. The molecule has 1 aliphatic heterocycles. The highest BCUT2D eigenvalue weighted by atomic mass is 35.5. The van der Waals surface area contributed by atoms with Crippen molar-refractivity contribution in [3.05, 3.63) is 0 Å². The van der Waals surface area contributed by atoms with Crippen LogP contribution in [0.25, 0.3) is 0 Å². The van der Waals surface area contributed by atoms with Gasteiger partial charge in [-0.2, -0.15) is 0 Å². The minimum Gasteiger partial charge on any atom is -0.363 e. The quantitative estimate of drug-likeness (QED) is 0.607. The van der Waals surface area contributed by atoms with E-state index in [1.165, 1.54) is 19.3 Å². The molecule has 0 radical (unpaired) electrons. The highest BCUT2D eigenvalue weighted by Crippen LogP contribution is 2.08. The van der Waals surface area contributed by atoms with E-state index in [9.17, 15) is 0 Å². The van der Waals surface area contributed by atoms with Gasteiger partial charge >= 0.3 is 0 Å². The largest absolute Gasteiger partial charge is 0.363 e. The summed E-state index contributed by atoms with van der Waals surface area (Å²) in [4.78, 5) is 0. The van der Waals surface area contributed by atoms with Gasteiger partial charge in [0.05, 0.1) is 0 Å². The Hall–Kier alpha value is 0.210. The third-order valence-corrected chi connectivity index (χ3v) is 1.50. The molecule has 3 heteroatoms. The van der Waals surface area contributed by atoms with Crippen molar-refractivity contribution < 1.29 is 4.74 Å². The number of rotatable bonds is 1. The van der Waals surface area contributed by atoms with Crippen LogP contribution in [0, 0.1) is 0 Å². The average molecular weight is 152 g/mol. The van der Waals surface area contributed by atoms with Gasteiger partial charge in [0.25, 0.3) is 0 Å². The van der Waals surface area contributed by atoms with Crippen LogP contribution in [0.4, 0.5) is 0 Å². The summed E-state index contributed by atoms with van der Waals surface area (Å²) in [5.74, 6) is 0. The lowest BCUT2D eigenvalue weighted by molar-refractivity contribution is -0.000317. The predicted molar refractivity (Wildman–Crippen MR) is 39.9 cm³/mol. The van der Waals surface area contributed by atoms with Crippen LogP contribution >= 0.6 is 12.4 Å². The van der Waals surface area contributed by atoms with Crippen molar-refractivity contribution >= 4 is 12.4 Å². The third kappa shape index (κ3) is 3.04. The van der Waals surface area contributed by atoms with Crippen LogP contribution in [0.5, 0.6) is 0 Å². The van der Waals surface area contributed by atoms with E-state index >= 15 is 0 Å². The van der Waals surface area contributed by atoms with Crippen molar-refractivity contribution in [1.29, 1.82) is 0 Å². The van der Waals surface area contributed by atoms with E-state index in [2.05, 4.69) is 5.32 Å². The van der Waals surface area contributed by atoms with Gasteiger partial charge < -0.3 is 4.74 Å². The van der Waals surface area contributed by atoms with Gasteiger partial charge in [-0.05, 0) is 26.3 Å². The molecule has 1 rings (SSSR count). The lowest BCUT2D eigenvalue weighted by Crippen LogP contribution is -2.31. The first-order valence-electron chi connectivity index (χ1n) is 3.22. The summed E-state index contributed by atoms with van der Waals surface area (Å²) in [6, 6.07) is 0. The standard InChI is InChI=1S/C6H13NO.ClH/c1-7-6-4-2-3-5-8-6;/h6-7H,2-5H2,1H3;1H. The number of hydrogen-bond acceptors (Lipinski definition) is 2. The molecule has 1 unspecified atom stereocenters. The molecule has 9 heavy (non-hydrogen) atoms. The Labute approximate surface area is 62.4 Å². The Balaban J connectivity index is 0.000000640. The van der Waals surface area contributed by atoms with Gasteiger partial charge in [-0.25, -0.2) is 0 Å². The van der Waals surface area contributed by atoms with E-state index in [1.807, 2.05) is 7.05 Å². The van der Waals surface area contributed by atoms with Crippen molar-refractivity contribution in [2.75, 3.05) is 13.7 Å². The van der Waals surface area contributed by atoms with Crippen molar-refractivity contribution in [2.45, 2.75) is 25.5 Å². The zero-order valence-corrected chi connectivity index (χ0v) is 6.54. The van der Waals surface area contributed by atoms with E-state index in [1.54, 1.807) is 0 Å². The van der Waals surface area contributed by atoms with Gasteiger partial charge in [0, 0.05) is 6.61 Å². The van der Waals surface area contributed by atoms with E-state index < -0.39 is 0 Å². The van der Waals surface area contributed by atoms with Crippen LogP contribution in [0.2, 0.25) is 0 Å². The normalized spacial score (nSPS) is 27.0. The molecular formula is C6H14ClNO. The number of halogens is 1. The molecule has 1 aliphatic rings. The molecule has 0 spiro atoms. The maximum atomic E-state index is 5.32. The van der Waals surface area contributed by atoms with Crippen LogP contribution < -0.4 is 5.32 Å². The molecule has 0 amide bonds. The van der Waals surface area contributed by atoms with E-state index in [0.717, 1.165) is 6.61 Å². The molecule has 0 aromatic carbocycles. The maximum Gasteiger partial charge on any atom is 0.107 e. The van der Waals surface area contributed by atoms with Crippen LogP contribution in [-0.2, 0) is 4.74 Å². The first-order valence-corrected chi connectivity index (χ1v) is 3.22. The van der Waals surface area contributed by atoms with Crippen LogP contribution in [0.15, 0.2) is 0 Å². The SMILES string of the molecule is CNC1CCCCO1.Cl. The topological polar surface area (TPSA) is 21.3 Å². The Morgan fingerprint density at radius 3 is 2.56 bits per heavy atom. The van der Waals surface area contributed by atoms with Gasteiger partial charge in [-0.3, -0.25) is 5.32 Å². The summed E-state index contributed by atoms with van der Waals surface area (Å²) in [6.45, 7) is 0.936. The van der Waals surface area contributed by atoms with Gasteiger partial charge in [-0.15, -0.1) is 12.4 Å². The van der Waals surface area contributed by atoms with Crippen LogP contribution in [0.3, 0.4) is 0 Å². The van der Waals surface area contributed by atoms with Gasteiger partial charge in [-0.1, -0.05) is 0 Å². The van der Waals surface area contributed by atoms with E-state index in [0.29, 0.717) is 6.23 Å². The summed E-state index contributed by atoms with van der Waals surface area (Å²) in [6.07, 6.45) is 4.06. The number of ether oxygens (including phenoxy) is 1. The fourth-order valence-electron chi connectivity index (χ4n) is 0.968. The van der Waals surface area contributed by atoms with Gasteiger partial charge in [0.1, 0.15) is 6.23 Å². The lowest BCUT2D eigenvalue weighted by atomic mass is 10.2. The second-order valence-corrected chi connectivity index (χ2v) is 2.14. The van der Waals surface area contributed by atoms with Crippen molar-refractivity contribution in [2.24, 2.45) is 0 Å². The lowest BCUT2D eigenvalue weighted by Gasteiger charge is -2.21. The fourth-order valence-corrected chi connectivity index (χ4v) is 0.968. The van der Waals surface area contributed by atoms with Crippen molar-refractivity contribution in [3.63, 3.8) is 0 Å². The average Bonchev–Trinajstić information content (AvgIpc) is 1.90. The highest BCUT2D eigenvalue weighted by molar-refractivity contribution is 5.85. The van der Waals surface area contributed by atoms with Gasteiger partial charge in [0.2, 0.25) is 0 Å². The summed E-state index contributed by atoms with van der Waals surface area (Å²) in [5.41, 5.74) is 0. The number of nitrogens with one attached hydrogen (secondary N) is 1. The Bertz CT molecular complexity index is 64.1. The predicted octanol–water partition coefficient (Wildman–Crippen LogP) is 1.15. The monoisotopic (exact) mass is 151 g/mol. The smallest absolute Gasteiger partial charge is 0.107 e. The van der Waals surface area contributed by atoms with Crippen LogP contribution in [0.1, 0.15) is 19.3 Å². The molecule has 1 heterocycles. The second-order valence-electron chi connectivity index (χ2n) is 2.14. The Morgan fingerprint density at radius 2 is 2.22 bits per heavy atom. The molecule has 0 aromatic rings. The molecule has 0 aromatic heterocycles. The van der Waals surface area contributed by atoms with Crippen LogP contribution in [-0.4, -0.2) is 19.9 Å². The summed E-state index contributed by atoms with van der Waals surface area (Å²) < 4.78 is 5.32. The highest BCUT2D eigenvalue weighted by Gasteiger charge is 2.09. The zero-order chi connectivity index (χ0) is 5.82. The molecule has 0 bridgehead atoms. The van der Waals surface area contributed by atoms with E-state index in [4.69, 9.17) is 4.74 Å². The van der Waals surface area contributed by atoms with Crippen molar-refractivity contribution in [3.8, 4) is 0 Å². The minimum absolute atomic E-state index is 0. The molecule has 2 nitrogen and oxygen atoms in total. The summed E-state index contributed by atoms with van der Waals surface area (Å²) >= 11 is 0. The van der Waals surface area contributed by atoms with Gasteiger partial charge in [0.15, 0.2) is 0 Å². The third-order valence-electron chi connectivity index (χ3n) is 1.50. The Kier molecular flexibility index (Phi) is 5.15. The molecule has 0 saturated carbocycles. The zero-order valence-electron chi connectivity index (χ0n) is 5.72. The maximum absolute atomic E-state index is 5.32. The molecular weight excluding hydrogens is 138 g/mol.